The molecule has 0 fully saturated rings. The van der Waals surface area contributed by atoms with E-state index < -0.39 is 5.41 Å². The molecule has 0 radical (unpaired) electrons. The molecule has 0 N–H and O–H groups in total. The molecule has 4 rings (SSSR count). The maximum absolute atomic E-state index is 13.9. The number of aromatic nitrogens is 1. The van der Waals surface area contributed by atoms with Crippen molar-refractivity contribution in [2.45, 2.75) is 53.6 Å². The van der Waals surface area contributed by atoms with Crippen molar-refractivity contribution in [3.8, 4) is 5.75 Å². The lowest BCUT2D eigenvalue weighted by Crippen LogP contribution is -2.30. The smallest absolute Gasteiger partial charge is 0.309 e. The third-order valence-corrected chi connectivity index (χ3v) is 7.59. The third-order valence-electron chi connectivity index (χ3n) is 7.59. The van der Waals surface area contributed by atoms with Crippen LogP contribution >= 0.6 is 0 Å². The number of nitrogens with zero attached hydrogens (tertiary/aromatic N) is 1. The van der Waals surface area contributed by atoms with Crippen molar-refractivity contribution in [1.29, 1.82) is 0 Å². The molecule has 43 heavy (non-hydrogen) atoms. The fourth-order valence-electron chi connectivity index (χ4n) is 5.30. The molecule has 2 aromatic heterocycles. The molecule has 0 aliphatic carbocycles. The van der Waals surface area contributed by atoms with E-state index in [4.69, 9.17) is 14.2 Å². The molecule has 2 aromatic carbocycles. The number of rotatable bonds is 15. The second-order valence-electron chi connectivity index (χ2n) is 11.4. The van der Waals surface area contributed by atoms with E-state index in [2.05, 4.69) is 0 Å². The number of ether oxygens (including phenoxy) is 3. The maximum Gasteiger partial charge on any atom is 0.309 e. The number of hydrogen-bond donors (Lipinski definition) is 0. The molecule has 0 spiro atoms. The van der Waals surface area contributed by atoms with Gasteiger partial charge in [-0.15, -0.1) is 0 Å². The number of methoxy groups -OCH3 is 1. The summed E-state index contributed by atoms with van der Waals surface area (Å²) in [5.41, 5.74) is 3.23. The standard InChI is InChI=1S/C36H41NO6/c1-6-11-28(35(40)43-7-2)20-29-22-30-21-27(34(39)36(3,4)24-42-23-25-12-9-8-10-13-25)18-19-37(30)32(29)33(38)26-14-16-31(41-5)17-15-26/h8-10,12-19,21-22,28H,6-7,11,20,23-24H2,1-5H3. The highest BCUT2D eigenvalue weighted by atomic mass is 16.5. The van der Waals surface area contributed by atoms with Crippen LogP contribution in [0.5, 0.6) is 5.75 Å². The Morgan fingerprint density at radius 3 is 2.28 bits per heavy atom. The fourth-order valence-corrected chi connectivity index (χ4v) is 5.30. The van der Waals surface area contributed by atoms with Crippen LogP contribution in [0.3, 0.4) is 0 Å². The maximum atomic E-state index is 13.9. The van der Waals surface area contributed by atoms with Crippen molar-refractivity contribution < 1.29 is 28.6 Å². The van der Waals surface area contributed by atoms with Gasteiger partial charge in [-0.1, -0.05) is 57.5 Å². The first-order valence-electron chi connectivity index (χ1n) is 14.8. The van der Waals surface area contributed by atoms with Crippen molar-refractivity contribution in [2.24, 2.45) is 11.3 Å². The van der Waals surface area contributed by atoms with E-state index in [9.17, 15) is 14.4 Å². The minimum Gasteiger partial charge on any atom is -0.497 e. The predicted octanol–water partition coefficient (Wildman–Crippen LogP) is 7.13. The first kappa shape index (κ1) is 31.7. The van der Waals surface area contributed by atoms with E-state index in [0.717, 1.165) is 17.5 Å². The van der Waals surface area contributed by atoms with E-state index in [1.54, 1.807) is 50.6 Å². The van der Waals surface area contributed by atoms with Crippen molar-refractivity contribution in [1.82, 2.24) is 4.40 Å². The number of hydrogen-bond acceptors (Lipinski definition) is 6. The van der Waals surface area contributed by atoms with Gasteiger partial charge in [0.1, 0.15) is 5.75 Å². The van der Waals surface area contributed by atoms with Crippen LogP contribution in [0.2, 0.25) is 0 Å². The number of esters is 1. The molecule has 0 saturated carbocycles. The summed E-state index contributed by atoms with van der Waals surface area (Å²) in [6.45, 7) is 8.55. The summed E-state index contributed by atoms with van der Waals surface area (Å²) >= 11 is 0. The molecule has 0 aliphatic heterocycles. The molecule has 0 aliphatic rings. The number of carbonyl (C=O) groups is 3. The van der Waals surface area contributed by atoms with Crippen molar-refractivity contribution in [3.63, 3.8) is 0 Å². The second-order valence-corrected chi connectivity index (χ2v) is 11.4. The van der Waals surface area contributed by atoms with Gasteiger partial charge in [-0.25, -0.2) is 0 Å². The highest BCUT2D eigenvalue weighted by Crippen LogP contribution is 2.29. The highest BCUT2D eigenvalue weighted by molar-refractivity contribution is 6.10. The molecule has 226 valence electrons. The second kappa shape index (κ2) is 14.3. The van der Waals surface area contributed by atoms with Crippen LogP contribution in [0.1, 0.15) is 78.1 Å². The lowest BCUT2D eigenvalue weighted by molar-refractivity contribution is -0.148. The molecule has 1 unspecified atom stereocenters. The quantitative estimate of drug-likeness (QED) is 0.109. The summed E-state index contributed by atoms with van der Waals surface area (Å²) < 4.78 is 18.4. The summed E-state index contributed by atoms with van der Waals surface area (Å²) in [6.07, 6.45) is 3.57. The average Bonchev–Trinajstić information content (AvgIpc) is 3.37. The highest BCUT2D eigenvalue weighted by Gasteiger charge is 2.30. The van der Waals surface area contributed by atoms with Gasteiger partial charge in [-0.2, -0.15) is 0 Å². The largest absolute Gasteiger partial charge is 0.497 e. The van der Waals surface area contributed by atoms with Crippen LogP contribution < -0.4 is 4.74 Å². The van der Waals surface area contributed by atoms with Gasteiger partial charge in [0.25, 0.3) is 0 Å². The zero-order valence-electron chi connectivity index (χ0n) is 25.7. The van der Waals surface area contributed by atoms with E-state index in [1.165, 1.54) is 0 Å². The van der Waals surface area contributed by atoms with Crippen LogP contribution in [0, 0.1) is 11.3 Å². The van der Waals surface area contributed by atoms with Gasteiger partial charge in [0.05, 0.1) is 44.0 Å². The number of Topliss-reactive ketones (excluding diaryl/α,β-unsaturated/α-hetero) is 1. The first-order chi connectivity index (χ1) is 20.7. The molecule has 7 nitrogen and oxygen atoms in total. The third kappa shape index (κ3) is 7.59. The van der Waals surface area contributed by atoms with E-state index in [0.29, 0.717) is 54.1 Å². The number of ketones is 2. The van der Waals surface area contributed by atoms with Gasteiger partial charge in [0, 0.05) is 22.8 Å². The Kier molecular flexibility index (Phi) is 10.5. The van der Waals surface area contributed by atoms with Crippen LogP contribution in [0.4, 0.5) is 0 Å². The zero-order chi connectivity index (χ0) is 31.0. The number of pyridine rings is 1. The molecule has 0 saturated heterocycles. The zero-order valence-corrected chi connectivity index (χ0v) is 25.7. The van der Waals surface area contributed by atoms with Crippen LogP contribution in [0.25, 0.3) is 5.52 Å². The molecule has 0 bridgehead atoms. The minimum absolute atomic E-state index is 0.0516. The molecule has 4 aromatic rings. The van der Waals surface area contributed by atoms with Gasteiger partial charge in [-0.05, 0) is 73.4 Å². The Labute approximate surface area is 253 Å². The summed E-state index contributed by atoms with van der Waals surface area (Å²) in [5, 5.41) is 0. The van der Waals surface area contributed by atoms with Gasteiger partial charge < -0.3 is 18.6 Å². The SMILES string of the molecule is CCCC(Cc1cc2cc(C(=O)C(C)(C)COCc3ccccc3)ccn2c1C(=O)c1ccc(OC)cc1)C(=O)OCC. The van der Waals surface area contributed by atoms with Crippen molar-refractivity contribution in [2.75, 3.05) is 20.3 Å². The molecular weight excluding hydrogens is 542 g/mol. The van der Waals surface area contributed by atoms with Gasteiger partial charge in [0.2, 0.25) is 5.78 Å². The summed E-state index contributed by atoms with van der Waals surface area (Å²) in [7, 11) is 1.58. The Bertz CT molecular complexity index is 1550. The lowest BCUT2D eigenvalue weighted by Gasteiger charge is -2.23. The Morgan fingerprint density at radius 1 is 0.907 bits per heavy atom. The first-order valence-corrected chi connectivity index (χ1v) is 14.8. The number of fused-ring (bicyclic) bond motifs is 1. The average molecular weight is 584 g/mol. The van der Waals surface area contributed by atoms with Crippen LogP contribution in [0.15, 0.2) is 79.0 Å². The Balaban J connectivity index is 1.67. The van der Waals surface area contributed by atoms with E-state index >= 15 is 0 Å². The monoisotopic (exact) mass is 583 g/mol. The van der Waals surface area contributed by atoms with Gasteiger partial charge in [-0.3, -0.25) is 14.4 Å². The minimum atomic E-state index is -0.763. The predicted molar refractivity (Wildman–Crippen MR) is 167 cm³/mol. The number of carbonyl (C=O) groups excluding carboxylic acids is 3. The molecule has 2 heterocycles. The fraction of sp³-hybridized carbons (Fsp3) is 0.361. The normalized spacial score (nSPS) is 12.2. The number of benzene rings is 2. The molecule has 0 amide bonds. The molecule has 1 atom stereocenters. The van der Waals surface area contributed by atoms with Gasteiger partial charge in [0.15, 0.2) is 5.78 Å². The lowest BCUT2D eigenvalue weighted by atomic mass is 9.85. The topological polar surface area (TPSA) is 83.3 Å². The Morgan fingerprint density at radius 2 is 1.63 bits per heavy atom. The molecular formula is C36H41NO6. The molecule has 7 heteroatoms. The van der Waals surface area contributed by atoms with E-state index in [-0.39, 0.29) is 30.1 Å². The van der Waals surface area contributed by atoms with Gasteiger partial charge >= 0.3 is 5.97 Å². The Hall–Kier alpha value is -4.23. The van der Waals surface area contributed by atoms with E-state index in [1.807, 2.05) is 67.6 Å². The van der Waals surface area contributed by atoms with Crippen molar-refractivity contribution in [3.05, 3.63) is 107 Å². The summed E-state index contributed by atoms with van der Waals surface area (Å²) in [6, 6.07) is 22.3. The van der Waals surface area contributed by atoms with Crippen LogP contribution in [-0.4, -0.2) is 42.3 Å². The summed E-state index contributed by atoms with van der Waals surface area (Å²) in [5.74, 6) is -0.225. The summed E-state index contributed by atoms with van der Waals surface area (Å²) in [4.78, 5) is 40.4. The van der Waals surface area contributed by atoms with Crippen LogP contribution in [-0.2, 0) is 27.3 Å². The van der Waals surface area contributed by atoms with Crippen molar-refractivity contribution >= 4 is 23.1 Å².